The van der Waals surface area contributed by atoms with E-state index in [4.69, 9.17) is 0 Å². The molecule has 128 valence electrons. The van der Waals surface area contributed by atoms with Crippen LogP contribution in [0.25, 0.3) is 0 Å². The van der Waals surface area contributed by atoms with Gasteiger partial charge in [0.05, 0.1) is 0 Å². The summed E-state index contributed by atoms with van der Waals surface area (Å²) in [5, 5.41) is 7.39. The predicted molar refractivity (Wildman–Crippen MR) is 92.1 cm³/mol. The third-order valence-electron chi connectivity index (χ3n) is 5.16. The number of hydrogen-bond acceptors (Lipinski definition) is 5. The zero-order valence-electron chi connectivity index (χ0n) is 13.5. The second kappa shape index (κ2) is 6.53. The summed E-state index contributed by atoms with van der Waals surface area (Å²) < 4.78 is 23.7. The highest BCUT2D eigenvalue weighted by molar-refractivity contribution is 7.92. The van der Waals surface area contributed by atoms with E-state index in [0.717, 1.165) is 37.9 Å². The number of nitrogens with zero attached hydrogens (tertiary/aromatic N) is 1. The van der Waals surface area contributed by atoms with E-state index >= 15 is 0 Å². The van der Waals surface area contributed by atoms with E-state index in [2.05, 4.69) is 5.32 Å². The van der Waals surface area contributed by atoms with Crippen LogP contribution in [0, 0.1) is 5.41 Å². The Hall–Kier alpha value is -0.920. The second-order valence-electron chi connectivity index (χ2n) is 6.66. The maximum atomic E-state index is 12.7. The standard InChI is InChI=1S/C16H24N2O3S2/c1-2-23(20,21)12-15(19)18(10-13-3-8-22-11-13)14-9-16(14)4-6-17-7-5-16/h3,8,11,14,17H,2,4-7,9-10,12H2,1H3/t14-/m0/s1. The molecule has 0 unspecified atom stereocenters. The van der Waals surface area contributed by atoms with Gasteiger partial charge in [0, 0.05) is 18.3 Å². The van der Waals surface area contributed by atoms with Crippen LogP contribution < -0.4 is 5.32 Å². The van der Waals surface area contributed by atoms with Crippen LogP contribution in [-0.2, 0) is 21.2 Å². The molecular weight excluding hydrogens is 332 g/mol. The summed E-state index contributed by atoms with van der Waals surface area (Å²) in [4.78, 5) is 14.5. The summed E-state index contributed by atoms with van der Waals surface area (Å²) in [6.07, 6.45) is 3.16. The van der Waals surface area contributed by atoms with Crippen LogP contribution in [0.3, 0.4) is 0 Å². The molecule has 3 rings (SSSR count). The topological polar surface area (TPSA) is 66.5 Å². The summed E-state index contributed by atoms with van der Waals surface area (Å²) in [6.45, 7) is 4.10. The Morgan fingerprint density at radius 3 is 2.78 bits per heavy atom. The Morgan fingerprint density at radius 2 is 2.17 bits per heavy atom. The molecule has 1 amide bonds. The first-order valence-electron chi connectivity index (χ1n) is 8.17. The summed E-state index contributed by atoms with van der Waals surface area (Å²) in [7, 11) is -3.29. The summed E-state index contributed by atoms with van der Waals surface area (Å²) in [6, 6.07) is 2.21. The average Bonchev–Trinajstić information content (AvgIpc) is 2.97. The van der Waals surface area contributed by atoms with Gasteiger partial charge >= 0.3 is 0 Å². The van der Waals surface area contributed by atoms with Crippen molar-refractivity contribution in [1.29, 1.82) is 0 Å². The van der Waals surface area contributed by atoms with Gasteiger partial charge in [-0.25, -0.2) is 8.42 Å². The van der Waals surface area contributed by atoms with Gasteiger partial charge in [-0.3, -0.25) is 4.79 Å². The van der Waals surface area contributed by atoms with Crippen LogP contribution in [0.4, 0.5) is 0 Å². The minimum atomic E-state index is -3.29. The molecule has 1 spiro atoms. The fourth-order valence-electron chi connectivity index (χ4n) is 3.55. The minimum Gasteiger partial charge on any atom is -0.334 e. The zero-order valence-corrected chi connectivity index (χ0v) is 15.1. The number of nitrogens with one attached hydrogen (secondary N) is 1. The number of sulfone groups is 1. The summed E-state index contributed by atoms with van der Waals surface area (Å²) >= 11 is 1.60. The van der Waals surface area contributed by atoms with Crippen molar-refractivity contribution in [2.45, 2.75) is 38.8 Å². The van der Waals surface area contributed by atoms with Gasteiger partial charge in [0.1, 0.15) is 5.75 Å². The average molecular weight is 357 g/mol. The number of amides is 1. The molecule has 1 aromatic heterocycles. The highest BCUT2D eigenvalue weighted by Gasteiger charge is 2.57. The minimum absolute atomic E-state index is 0.0186. The van der Waals surface area contributed by atoms with Crippen molar-refractivity contribution >= 4 is 27.1 Å². The molecular formula is C16H24N2O3S2. The molecule has 2 aliphatic rings. The van der Waals surface area contributed by atoms with Crippen LogP contribution in [0.15, 0.2) is 16.8 Å². The largest absolute Gasteiger partial charge is 0.334 e. The van der Waals surface area contributed by atoms with E-state index in [9.17, 15) is 13.2 Å². The molecule has 1 aromatic rings. The zero-order chi connectivity index (χ0) is 16.5. The van der Waals surface area contributed by atoms with Crippen LogP contribution >= 0.6 is 11.3 Å². The first kappa shape index (κ1) is 16.9. The lowest BCUT2D eigenvalue weighted by atomic mass is 9.93. The quantitative estimate of drug-likeness (QED) is 0.842. The van der Waals surface area contributed by atoms with Crippen molar-refractivity contribution in [3.63, 3.8) is 0 Å². The Kier molecular flexibility index (Phi) is 4.80. The van der Waals surface area contributed by atoms with Crippen LogP contribution in [0.2, 0.25) is 0 Å². The van der Waals surface area contributed by atoms with Gasteiger partial charge in [-0.1, -0.05) is 6.92 Å². The summed E-state index contributed by atoms with van der Waals surface area (Å²) in [5.74, 6) is -0.582. The highest BCUT2D eigenvalue weighted by atomic mass is 32.2. The molecule has 23 heavy (non-hydrogen) atoms. The van der Waals surface area contributed by atoms with Gasteiger partial charge < -0.3 is 10.2 Å². The molecule has 1 atom stereocenters. The maximum absolute atomic E-state index is 12.7. The molecule has 7 heteroatoms. The second-order valence-corrected chi connectivity index (χ2v) is 9.80. The van der Waals surface area contributed by atoms with E-state index in [1.165, 1.54) is 0 Å². The van der Waals surface area contributed by atoms with Crippen LogP contribution in [0.1, 0.15) is 31.7 Å². The number of thiophene rings is 1. The van der Waals surface area contributed by atoms with Crippen LogP contribution in [0.5, 0.6) is 0 Å². The molecule has 1 aliphatic carbocycles. The number of piperidine rings is 1. The van der Waals surface area contributed by atoms with Crippen LogP contribution in [-0.4, -0.2) is 49.9 Å². The fourth-order valence-corrected chi connectivity index (χ4v) is 4.96. The van der Waals surface area contributed by atoms with Gasteiger partial charge in [-0.05, 0) is 60.2 Å². The normalized spacial score (nSPS) is 22.9. The van der Waals surface area contributed by atoms with E-state index in [0.29, 0.717) is 6.54 Å². The smallest absolute Gasteiger partial charge is 0.238 e. The molecule has 1 aliphatic heterocycles. The number of carbonyl (C=O) groups is 1. The first-order chi connectivity index (χ1) is 11.0. The monoisotopic (exact) mass is 356 g/mol. The molecule has 1 N–H and O–H groups in total. The first-order valence-corrected chi connectivity index (χ1v) is 10.9. The Bertz CT molecular complexity index is 649. The van der Waals surface area contributed by atoms with Crippen molar-refractivity contribution in [2.75, 3.05) is 24.6 Å². The lowest BCUT2D eigenvalue weighted by Crippen LogP contribution is -2.41. The Labute approximate surface area is 142 Å². The van der Waals surface area contributed by atoms with Crippen molar-refractivity contribution in [3.05, 3.63) is 22.4 Å². The van der Waals surface area contributed by atoms with Gasteiger partial charge in [-0.15, -0.1) is 0 Å². The number of carbonyl (C=O) groups excluding carboxylic acids is 1. The summed E-state index contributed by atoms with van der Waals surface area (Å²) in [5.41, 5.74) is 1.31. The van der Waals surface area contributed by atoms with E-state index < -0.39 is 9.84 Å². The fraction of sp³-hybridized carbons (Fsp3) is 0.688. The molecule has 2 fully saturated rings. The van der Waals surface area contributed by atoms with E-state index in [1.54, 1.807) is 18.3 Å². The molecule has 1 saturated carbocycles. The van der Waals surface area contributed by atoms with Crippen molar-refractivity contribution in [1.82, 2.24) is 10.2 Å². The maximum Gasteiger partial charge on any atom is 0.238 e. The van der Waals surface area contributed by atoms with Gasteiger partial charge in [0.2, 0.25) is 5.91 Å². The Morgan fingerprint density at radius 1 is 1.43 bits per heavy atom. The molecule has 2 heterocycles. The number of rotatable bonds is 6. The molecule has 1 saturated heterocycles. The molecule has 0 bridgehead atoms. The molecule has 0 aromatic carbocycles. The van der Waals surface area contributed by atoms with Crippen molar-refractivity contribution in [3.8, 4) is 0 Å². The lowest BCUT2D eigenvalue weighted by molar-refractivity contribution is -0.130. The van der Waals surface area contributed by atoms with Gasteiger partial charge in [0.15, 0.2) is 9.84 Å². The van der Waals surface area contributed by atoms with E-state index in [-0.39, 0.29) is 28.9 Å². The van der Waals surface area contributed by atoms with Crippen molar-refractivity contribution in [2.24, 2.45) is 5.41 Å². The highest BCUT2D eigenvalue weighted by Crippen LogP contribution is 2.56. The number of hydrogen-bond donors (Lipinski definition) is 1. The van der Waals surface area contributed by atoms with Gasteiger partial charge in [-0.2, -0.15) is 11.3 Å². The Balaban J connectivity index is 1.76. The molecule has 0 radical (unpaired) electrons. The third-order valence-corrected chi connectivity index (χ3v) is 7.46. The van der Waals surface area contributed by atoms with Gasteiger partial charge in [0.25, 0.3) is 0 Å². The van der Waals surface area contributed by atoms with E-state index in [1.807, 2.05) is 21.7 Å². The van der Waals surface area contributed by atoms with Crippen molar-refractivity contribution < 1.29 is 13.2 Å². The lowest BCUT2D eigenvalue weighted by Gasteiger charge is -2.29. The molecule has 5 nitrogen and oxygen atoms in total. The SMILES string of the molecule is CCS(=O)(=O)CC(=O)N(Cc1ccsc1)[C@H]1CC12CCNCC2. The third kappa shape index (κ3) is 3.78. The predicted octanol–water partition coefficient (Wildman–Crippen LogP) is 1.65.